The third-order valence-corrected chi connectivity index (χ3v) is 3.82. The molecule has 24 heavy (non-hydrogen) atoms. The van der Waals surface area contributed by atoms with Crippen LogP contribution in [-0.2, 0) is 4.74 Å². The number of H-pyrrole nitrogens is 1. The van der Waals surface area contributed by atoms with Gasteiger partial charge in [0.05, 0.1) is 17.4 Å². The van der Waals surface area contributed by atoms with Crippen LogP contribution >= 0.6 is 0 Å². The highest BCUT2D eigenvalue weighted by Gasteiger charge is 2.16. The van der Waals surface area contributed by atoms with Crippen LogP contribution in [0.4, 0.5) is 15.8 Å². The summed E-state index contributed by atoms with van der Waals surface area (Å²) in [5, 5.41) is 5.61. The highest BCUT2D eigenvalue weighted by atomic mass is 19.1. The number of hydrogen-bond donors (Lipinski definition) is 3. The quantitative estimate of drug-likeness (QED) is 0.785. The molecule has 0 radical (unpaired) electrons. The van der Waals surface area contributed by atoms with Crippen molar-refractivity contribution in [3.63, 3.8) is 0 Å². The number of rotatable bonds is 5. The molecule has 3 N–H and O–H groups in total. The molecule has 0 unspecified atom stereocenters. The lowest BCUT2D eigenvalue weighted by atomic mass is 10.2. The summed E-state index contributed by atoms with van der Waals surface area (Å²) in [6, 6.07) is 7.11. The van der Waals surface area contributed by atoms with Crippen LogP contribution in [-0.4, -0.2) is 30.1 Å². The van der Waals surface area contributed by atoms with Gasteiger partial charge in [0.2, 0.25) is 5.56 Å². The number of aromatic nitrogens is 1. The second kappa shape index (κ2) is 7.27. The third-order valence-electron chi connectivity index (χ3n) is 3.82. The van der Waals surface area contributed by atoms with Crippen molar-refractivity contribution in [3.05, 3.63) is 58.3 Å². The molecule has 1 aromatic heterocycles. The van der Waals surface area contributed by atoms with Crippen molar-refractivity contribution in [1.82, 2.24) is 4.98 Å². The predicted octanol–water partition coefficient (Wildman–Crippen LogP) is 2.36. The van der Waals surface area contributed by atoms with Crippen LogP contribution in [0.2, 0.25) is 0 Å². The molecule has 7 heteroatoms. The van der Waals surface area contributed by atoms with E-state index in [0.29, 0.717) is 17.9 Å². The van der Waals surface area contributed by atoms with Gasteiger partial charge in [-0.05, 0) is 37.1 Å². The van der Waals surface area contributed by atoms with Crippen LogP contribution in [0.1, 0.15) is 23.2 Å². The average molecular weight is 331 g/mol. The maximum Gasteiger partial charge on any atom is 0.257 e. The summed E-state index contributed by atoms with van der Waals surface area (Å²) in [7, 11) is 0. The van der Waals surface area contributed by atoms with E-state index < -0.39 is 11.7 Å². The van der Waals surface area contributed by atoms with Crippen LogP contribution in [0.3, 0.4) is 0 Å². The standard InChI is InChI=1S/C17H18FN3O3/c18-14-8-12(21-17(23)11-3-6-16(22)20-9-11)4-5-15(14)19-10-13-2-1-7-24-13/h3-6,8-9,13,19H,1-2,7,10H2,(H,20,22)(H,21,23)/t13-/m0/s1. The van der Waals surface area contributed by atoms with Crippen molar-refractivity contribution >= 4 is 17.3 Å². The normalized spacial score (nSPS) is 16.8. The van der Waals surface area contributed by atoms with Crippen molar-refractivity contribution in [2.24, 2.45) is 0 Å². The summed E-state index contributed by atoms with van der Waals surface area (Å²) in [6.07, 6.45) is 3.43. The Bertz CT molecular complexity index is 764. The number of ether oxygens (including phenoxy) is 1. The van der Waals surface area contributed by atoms with Gasteiger partial charge in [-0.1, -0.05) is 0 Å². The summed E-state index contributed by atoms with van der Waals surface area (Å²) in [4.78, 5) is 25.4. The van der Waals surface area contributed by atoms with Gasteiger partial charge in [-0.25, -0.2) is 4.39 Å². The van der Waals surface area contributed by atoms with E-state index in [-0.39, 0.29) is 17.2 Å². The third kappa shape index (κ3) is 3.99. The van der Waals surface area contributed by atoms with Crippen molar-refractivity contribution in [2.45, 2.75) is 18.9 Å². The smallest absolute Gasteiger partial charge is 0.257 e. The van der Waals surface area contributed by atoms with E-state index in [0.717, 1.165) is 19.4 Å². The number of carbonyl (C=O) groups is 1. The Balaban J connectivity index is 1.62. The summed E-state index contributed by atoms with van der Waals surface area (Å²) in [6.45, 7) is 1.31. The number of halogens is 1. The molecule has 1 aliphatic heterocycles. The SMILES string of the molecule is O=C(Nc1ccc(NC[C@@H]2CCCO2)c(F)c1)c1ccc(=O)[nH]c1. The molecule has 1 atom stereocenters. The van der Waals surface area contributed by atoms with Crippen LogP contribution in [0, 0.1) is 5.82 Å². The number of anilines is 2. The van der Waals surface area contributed by atoms with Crippen LogP contribution in [0.15, 0.2) is 41.3 Å². The molecule has 1 fully saturated rings. The molecule has 0 spiro atoms. The fraction of sp³-hybridized carbons (Fsp3) is 0.294. The first-order valence-electron chi connectivity index (χ1n) is 7.77. The molecule has 0 saturated carbocycles. The van der Waals surface area contributed by atoms with Gasteiger partial charge >= 0.3 is 0 Å². The van der Waals surface area contributed by atoms with Gasteiger partial charge < -0.3 is 20.4 Å². The Labute approximate surface area is 138 Å². The molecular formula is C17H18FN3O3. The van der Waals surface area contributed by atoms with Crippen molar-refractivity contribution < 1.29 is 13.9 Å². The lowest BCUT2D eigenvalue weighted by Crippen LogP contribution is -2.19. The maximum atomic E-state index is 14.1. The first kappa shape index (κ1) is 16.2. The second-order valence-electron chi connectivity index (χ2n) is 5.61. The lowest BCUT2D eigenvalue weighted by Gasteiger charge is -2.13. The summed E-state index contributed by atoms with van der Waals surface area (Å²) in [5.41, 5.74) is 0.703. The lowest BCUT2D eigenvalue weighted by molar-refractivity contribution is 0.102. The fourth-order valence-corrected chi connectivity index (χ4v) is 2.52. The minimum atomic E-state index is -0.452. The molecule has 2 aromatic rings. The monoisotopic (exact) mass is 331 g/mol. The summed E-state index contributed by atoms with van der Waals surface area (Å²) < 4.78 is 19.6. The molecule has 3 rings (SSSR count). The minimum Gasteiger partial charge on any atom is -0.380 e. The summed E-state index contributed by atoms with van der Waals surface area (Å²) >= 11 is 0. The van der Waals surface area contributed by atoms with E-state index in [1.165, 1.54) is 24.4 Å². The fourth-order valence-electron chi connectivity index (χ4n) is 2.52. The number of benzene rings is 1. The van der Waals surface area contributed by atoms with Gasteiger partial charge in [-0.2, -0.15) is 0 Å². The molecule has 6 nitrogen and oxygen atoms in total. The van der Waals surface area contributed by atoms with E-state index in [1.54, 1.807) is 12.1 Å². The Morgan fingerprint density at radius 2 is 2.21 bits per heavy atom. The molecule has 1 aromatic carbocycles. The molecule has 2 heterocycles. The molecule has 0 aliphatic carbocycles. The first-order valence-corrected chi connectivity index (χ1v) is 7.77. The maximum absolute atomic E-state index is 14.1. The van der Waals surface area contributed by atoms with Gasteiger partial charge in [-0.3, -0.25) is 9.59 Å². The number of pyridine rings is 1. The van der Waals surface area contributed by atoms with Crippen LogP contribution in [0.25, 0.3) is 0 Å². The van der Waals surface area contributed by atoms with E-state index >= 15 is 0 Å². The van der Waals surface area contributed by atoms with Crippen molar-refractivity contribution in [2.75, 3.05) is 23.8 Å². The molecule has 126 valence electrons. The number of nitrogens with one attached hydrogen (secondary N) is 3. The minimum absolute atomic E-state index is 0.115. The highest BCUT2D eigenvalue weighted by Crippen LogP contribution is 2.21. The van der Waals surface area contributed by atoms with Crippen LogP contribution in [0.5, 0.6) is 0 Å². The topological polar surface area (TPSA) is 83.2 Å². The summed E-state index contributed by atoms with van der Waals surface area (Å²) in [5.74, 6) is -0.877. The van der Waals surface area contributed by atoms with Gasteiger partial charge in [0.1, 0.15) is 5.82 Å². The molecule has 1 saturated heterocycles. The highest BCUT2D eigenvalue weighted by molar-refractivity contribution is 6.04. The Kier molecular flexibility index (Phi) is 4.90. The van der Waals surface area contributed by atoms with Gasteiger partial charge in [0.25, 0.3) is 5.91 Å². The molecule has 0 bridgehead atoms. The Morgan fingerprint density at radius 3 is 2.88 bits per heavy atom. The van der Waals surface area contributed by atoms with E-state index in [4.69, 9.17) is 4.74 Å². The zero-order chi connectivity index (χ0) is 16.9. The van der Waals surface area contributed by atoms with E-state index in [2.05, 4.69) is 15.6 Å². The average Bonchev–Trinajstić information content (AvgIpc) is 3.08. The Morgan fingerprint density at radius 1 is 1.33 bits per heavy atom. The first-order chi connectivity index (χ1) is 11.6. The zero-order valence-corrected chi connectivity index (χ0v) is 13.0. The number of amides is 1. The number of hydrogen-bond acceptors (Lipinski definition) is 4. The number of carbonyl (C=O) groups excluding carboxylic acids is 1. The number of aromatic amines is 1. The van der Waals surface area contributed by atoms with Crippen LogP contribution < -0.4 is 16.2 Å². The molecule has 1 aliphatic rings. The van der Waals surface area contributed by atoms with Gasteiger partial charge in [0.15, 0.2) is 0 Å². The van der Waals surface area contributed by atoms with E-state index in [1.807, 2.05) is 0 Å². The van der Waals surface area contributed by atoms with E-state index in [9.17, 15) is 14.0 Å². The largest absolute Gasteiger partial charge is 0.380 e. The Hall–Kier alpha value is -2.67. The zero-order valence-electron chi connectivity index (χ0n) is 13.0. The molecular weight excluding hydrogens is 313 g/mol. The van der Waals surface area contributed by atoms with Gasteiger partial charge in [0, 0.05) is 31.1 Å². The van der Waals surface area contributed by atoms with Crippen molar-refractivity contribution in [1.29, 1.82) is 0 Å². The second-order valence-corrected chi connectivity index (χ2v) is 5.61. The van der Waals surface area contributed by atoms with Crippen molar-refractivity contribution in [3.8, 4) is 0 Å². The van der Waals surface area contributed by atoms with Gasteiger partial charge in [-0.15, -0.1) is 0 Å². The predicted molar refractivity (Wildman–Crippen MR) is 88.9 cm³/mol. The molecule has 1 amide bonds.